The van der Waals surface area contributed by atoms with Gasteiger partial charge in [-0.1, -0.05) is 97.9 Å². The Balaban J connectivity index is 1.15. The van der Waals surface area contributed by atoms with Crippen molar-refractivity contribution in [3.63, 3.8) is 0 Å². The fourth-order valence-electron chi connectivity index (χ4n) is 7.84. The molecule has 1 atom stereocenters. The zero-order chi connectivity index (χ0) is 30.4. The summed E-state index contributed by atoms with van der Waals surface area (Å²) in [5.41, 5.74) is 12.5. The van der Waals surface area contributed by atoms with E-state index in [1.54, 1.807) is 0 Å². The smallest absolute Gasteiger partial charge is 0.136 e. The highest BCUT2D eigenvalue weighted by molar-refractivity contribution is 6.16. The van der Waals surface area contributed by atoms with E-state index in [2.05, 4.69) is 133 Å². The summed E-state index contributed by atoms with van der Waals surface area (Å²) in [6.07, 6.45) is 5.60. The predicted molar refractivity (Wildman–Crippen MR) is 192 cm³/mol. The molecule has 9 aromatic rings. The van der Waals surface area contributed by atoms with Gasteiger partial charge in [-0.05, 0) is 83.1 Å². The normalized spacial score (nSPS) is 15.5. The van der Waals surface area contributed by atoms with Crippen LogP contribution in [0.5, 0.6) is 0 Å². The number of rotatable bonds is 3. The molecular formula is C43H29NO2. The van der Waals surface area contributed by atoms with Crippen LogP contribution in [0, 0.1) is 5.92 Å². The molecule has 0 saturated heterocycles. The maximum absolute atomic E-state index is 6.23. The van der Waals surface area contributed by atoms with Gasteiger partial charge in [0, 0.05) is 38.0 Å². The van der Waals surface area contributed by atoms with Gasteiger partial charge < -0.3 is 13.4 Å². The second kappa shape index (κ2) is 9.60. The molecule has 0 saturated carbocycles. The second-order valence-electron chi connectivity index (χ2n) is 12.5. The Morgan fingerprint density at radius 2 is 1.11 bits per heavy atom. The van der Waals surface area contributed by atoms with E-state index in [0.29, 0.717) is 5.92 Å². The van der Waals surface area contributed by atoms with E-state index < -0.39 is 0 Å². The fraction of sp³-hybridized carbons (Fsp3) is 0.0698. The molecule has 0 aliphatic heterocycles. The topological polar surface area (TPSA) is 31.2 Å². The Morgan fingerprint density at radius 3 is 1.83 bits per heavy atom. The minimum atomic E-state index is 0.335. The molecule has 3 heteroatoms. The lowest BCUT2D eigenvalue weighted by atomic mass is 9.85. The van der Waals surface area contributed by atoms with Gasteiger partial charge in [-0.25, -0.2) is 0 Å². The summed E-state index contributed by atoms with van der Waals surface area (Å²) < 4.78 is 14.9. The van der Waals surface area contributed by atoms with Gasteiger partial charge in [-0.15, -0.1) is 0 Å². The van der Waals surface area contributed by atoms with Crippen molar-refractivity contribution >= 4 is 77.0 Å². The van der Waals surface area contributed by atoms with Crippen molar-refractivity contribution in [2.24, 2.45) is 5.92 Å². The van der Waals surface area contributed by atoms with Gasteiger partial charge in [0.25, 0.3) is 0 Å². The summed E-state index contributed by atoms with van der Waals surface area (Å²) in [4.78, 5) is 0. The number of para-hydroxylation sites is 3. The van der Waals surface area contributed by atoms with Crippen molar-refractivity contribution in [2.45, 2.75) is 13.3 Å². The fourth-order valence-corrected chi connectivity index (χ4v) is 7.84. The van der Waals surface area contributed by atoms with E-state index in [0.717, 1.165) is 34.1 Å². The SMILES string of the molecule is CC1CC(n2c3ccccc3c3cc(-c4cccc5oc6ccccc6c45)ccc32)=CC=C1c1cccc2oc3ccccc3c12. The van der Waals surface area contributed by atoms with Crippen LogP contribution in [0.15, 0.2) is 148 Å². The molecular weight excluding hydrogens is 562 g/mol. The molecule has 0 bridgehead atoms. The summed E-state index contributed by atoms with van der Waals surface area (Å²) in [6.45, 7) is 2.35. The first-order valence-corrected chi connectivity index (χ1v) is 16.0. The summed E-state index contributed by atoms with van der Waals surface area (Å²) in [5, 5.41) is 7.23. The molecule has 0 spiro atoms. The van der Waals surface area contributed by atoms with Crippen LogP contribution in [0.25, 0.3) is 88.1 Å². The molecule has 1 aliphatic rings. The maximum Gasteiger partial charge on any atom is 0.136 e. The van der Waals surface area contributed by atoms with Gasteiger partial charge in [0.05, 0.1) is 11.0 Å². The number of fused-ring (bicyclic) bond motifs is 9. The first kappa shape index (κ1) is 25.5. The number of hydrogen-bond donors (Lipinski definition) is 0. The second-order valence-corrected chi connectivity index (χ2v) is 12.5. The number of hydrogen-bond acceptors (Lipinski definition) is 2. The first-order valence-electron chi connectivity index (χ1n) is 16.0. The third kappa shape index (κ3) is 3.60. The van der Waals surface area contributed by atoms with Crippen LogP contribution in [0.1, 0.15) is 18.9 Å². The van der Waals surface area contributed by atoms with E-state index in [1.807, 2.05) is 18.2 Å². The third-order valence-corrected chi connectivity index (χ3v) is 9.89. The van der Waals surface area contributed by atoms with Gasteiger partial charge in [0.1, 0.15) is 22.3 Å². The Morgan fingerprint density at radius 1 is 0.522 bits per heavy atom. The zero-order valence-corrected chi connectivity index (χ0v) is 25.3. The number of benzene rings is 6. The van der Waals surface area contributed by atoms with Crippen LogP contribution in [0.2, 0.25) is 0 Å². The number of aromatic nitrogens is 1. The van der Waals surface area contributed by atoms with Crippen LogP contribution in [0.3, 0.4) is 0 Å². The standard InChI is InChI=1S/C43H29NO2/c1-26-24-28(21-22-29(26)32-14-9-19-41-43(32)34-12-4-7-17-39(34)46-41)44-36-15-5-2-10-31(36)35-25-27(20-23-37(35)44)30-13-8-18-40-42(30)33-11-3-6-16-38(33)45-40/h2-23,25-26H,24H2,1H3. The summed E-state index contributed by atoms with van der Waals surface area (Å²) in [7, 11) is 0. The quantitative estimate of drug-likeness (QED) is 0.205. The lowest BCUT2D eigenvalue weighted by Crippen LogP contribution is -2.09. The molecule has 1 unspecified atom stereocenters. The minimum absolute atomic E-state index is 0.335. The summed E-state index contributed by atoms with van der Waals surface area (Å²) >= 11 is 0. The number of furan rings is 2. The highest BCUT2D eigenvalue weighted by atomic mass is 16.3. The highest BCUT2D eigenvalue weighted by Gasteiger charge is 2.24. The van der Waals surface area contributed by atoms with Crippen molar-refractivity contribution < 1.29 is 8.83 Å². The summed E-state index contributed by atoms with van der Waals surface area (Å²) in [5.74, 6) is 0.335. The Labute approximate surface area is 265 Å². The van der Waals surface area contributed by atoms with Crippen LogP contribution in [-0.4, -0.2) is 4.57 Å². The van der Waals surface area contributed by atoms with E-state index in [1.165, 1.54) is 65.9 Å². The van der Waals surface area contributed by atoms with Crippen LogP contribution in [-0.2, 0) is 0 Å². The van der Waals surface area contributed by atoms with E-state index >= 15 is 0 Å². The molecule has 3 heterocycles. The maximum atomic E-state index is 6.23. The van der Waals surface area contributed by atoms with Crippen LogP contribution < -0.4 is 0 Å². The van der Waals surface area contributed by atoms with Gasteiger partial charge in [-0.2, -0.15) is 0 Å². The average molecular weight is 592 g/mol. The van der Waals surface area contributed by atoms with Crippen molar-refractivity contribution in [3.05, 3.63) is 145 Å². The van der Waals surface area contributed by atoms with Gasteiger partial charge in [0.2, 0.25) is 0 Å². The average Bonchev–Trinajstić information content (AvgIpc) is 3.77. The Hall–Kier alpha value is -5.80. The molecule has 0 amide bonds. The number of allylic oxidation sites excluding steroid dienone is 4. The molecule has 3 aromatic heterocycles. The molecule has 3 nitrogen and oxygen atoms in total. The van der Waals surface area contributed by atoms with E-state index in [9.17, 15) is 0 Å². The molecule has 0 fully saturated rings. The molecule has 10 rings (SSSR count). The Kier molecular flexibility index (Phi) is 5.32. The van der Waals surface area contributed by atoms with E-state index in [-0.39, 0.29) is 0 Å². The van der Waals surface area contributed by atoms with Crippen LogP contribution in [0.4, 0.5) is 0 Å². The third-order valence-electron chi connectivity index (χ3n) is 9.89. The molecule has 6 aromatic carbocycles. The van der Waals surface area contributed by atoms with Gasteiger partial charge in [0.15, 0.2) is 0 Å². The number of nitrogens with zero attached hydrogens (tertiary/aromatic N) is 1. The first-order chi connectivity index (χ1) is 22.7. The lowest BCUT2D eigenvalue weighted by Gasteiger charge is -2.24. The molecule has 46 heavy (non-hydrogen) atoms. The van der Waals surface area contributed by atoms with E-state index in [4.69, 9.17) is 8.83 Å². The van der Waals surface area contributed by atoms with Crippen molar-refractivity contribution in [1.29, 1.82) is 0 Å². The predicted octanol–water partition coefficient (Wildman–Crippen LogP) is 12.2. The largest absolute Gasteiger partial charge is 0.456 e. The van der Waals surface area contributed by atoms with Crippen LogP contribution >= 0.6 is 0 Å². The molecule has 1 aliphatic carbocycles. The molecule has 218 valence electrons. The highest BCUT2D eigenvalue weighted by Crippen LogP contribution is 2.44. The Bertz CT molecular complexity index is 2750. The zero-order valence-electron chi connectivity index (χ0n) is 25.3. The monoisotopic (exact) mass is 591 g/mol. The van der Waals surface area contributed by atoms with Gasteiger partial charge in [-0.3, -0.25) is 0 Å². The molecule has 0 N–H and O–H groups in total. The summed E-state index contributed by atoms with van der Waals surface area (Å²) in [6, 6.07) is 45.2. The minimum Gasteiger partial charge on any atom is -0.456 e. The van der Waals surface area contributed by atoms with Crippen molar-refractivity contribution in [2.75, 3.05) is 0 Å². The van der Waals surface area contributed by atoms with Crippen molar-refractivity contribution in [3.8, 4) is 11.1 Å². The van der Waals surface area contributed by atoms with Gasteiger partial charge >= 0.3 is 0 Å². The lowest BCUT2D eigenvalue weighted by molar-refractivity contribution is 0.668. The van der Waals surface area contributed by atoms with Crippen molar-refractivity contribution in [1.82, 2.24) is 4.57 Å². The molecule has 0 radical (unpaired) electrons.